The number of nitrogens with two attached hydrogens (primary N) is 1. The number of ether oxygens (including phenoxy) is 1. The van der Waals surface area contributed by atoms with E-state index < -0.39 is 10.0 Å². The molecule has 1 aliphatic rings. The Morgan fingerprint density at radius 2 is 2.05 bits per heavy atom. The number of morpholine rings is 1. The van der Waals surface area contributed by atoms with Crippen LogP contribution in [-0.4, -0.2) is 39.7 Å². The predicted octanol–water partition coefficient (Wildman–Crippen LogP) is 0.324. The highest BCUT2D eigenvalue weighted by atomic mass is 35.5. The summed E-state index contributed by atoms with van der Waals surface area (Å²) in [7, 11) is -3.67. The summed E-state index contributed by atoms with van der Waals surface area (Å²) >= 11 is 5.99. The lowest BCUT2D eigenvalue weighted by atomic mass is 10.2. The molecule has 0 amide bonds. The van der Waals surface area contributed by atoms with E-state index in [2.05, 4.69) is 4.83 Å². The van der Waals surface area contributed by atoms with Crippen molar-refractivity contribution in [1.29, 1.82) is 0 Å². The molecule has 0 bridgehead atoms. The van der Waals surface area contributed by atoms with E-state index in [4.69, 9.17) is 22.1 Å². The molecule has 1 aromatic rings. The van der Waals surface area contributed by atoms with Crippen molar-refractivity contribution in [2.45, 2.75) is 11.4 Å². The summed E-state index contributed by atoms with van der Waals surface area (Å²) in [6.45, 7) is 2.34. The summed E-state index contributed by atoms with van der Waals surface area (Å²) in [5, 5.41) is 1.77. The third-order valence-corrected chi connectivity index (χ3v) is 4.64. The Balaban J connectivity index is 2.18. The molecule has 106 valence electrons. The van der Waals surface area contributed by atoms with E-state index in [0.717, 1.165) is 5.56 Å². The van der Waals surface area contributed by atoms with Crippen LogP contribution in [0.3, 0.4) is 0 Å². The van der Waals surface area contributed by atoms with Gasteiger partial charge in [0, 0.05) is 19.6 Å². The summed E-state index contributed by atoms with van der Waals surface area (Å²) in [6, 6.07) is 4.68. The molecular weight excluding hydrogens is 290 g/mol. The van der Waals surface area contributed by atoms with Crippen LogP contribution in [0.2, 0.25) is 5.02 Å². The molecule has 6 nitrogen and oxygen atoms in total. The standard InChI is InChI=1S/C11H16ClN3O3S/c12-10-7-9(8-13)1-2-11(10)19(16,17)14-15-3-5-18-6-4-15/h1-2,7,14H,3-6,8,13H2. The fourth-order valence-corrected chi connectivity index (χ4v) is 3.45. The van der Waals surface area contributed by atoms with E-state index in [1.165, 1.54) is 6.07 Å². The number of halogens is 1. The predicted molar refractivity (Wildman–Crippen MR) is 72.1 cm³/mol. The molecule has 2 rings (SSSR count). The summed E-state index contributed by atoms with van der Waals surface area (Å²) in [6.07, 6.45) is 0. The molecule has 1 aromatic carbocycles. The third-order valence-electron chi connectivity index (χ3n) is 2.78. The van der Waals surface area contributed by atoms with Crippen LogP contribution < -0.4 is 10.6 Å². The van der Waals surface area contributed by atoms with Crippen molar-refractivity contribution in [3.8, 4) is 0 Å². The van der Waals surface area contributed by atoms with Gasteiger partial charge in [-0.15, -0.1) is 4.83 Å². The van der Waals surface area contributed by atoms with Gasteiger partial charge < -0.3 is 10.5 Å². The van der Waals surface area contributed by atoms with E-state index >= 15 is 0 Å². The molecule has 0 unspecified atom stereocenters. The zero-order chi connectivity index (χ0) is 13.9. The zero-order valence-corrected chi connectivity index (χ0v) is 11.9. The monoisotopic (exact) mass is 305 g/mol. The molecule has 1 saturated heterocycles. The Morgan fingerprint density at radius 1 is 1.37 bits per heavy atom. The molecule has 0 aromatic heterocycles. The van der Waals surface area contributed by atoms with Crippen LogP contribution in [0, 0.1) is 0 Å². The van der Waals surface area contributed by atoms with Crippen molar-refractivity contribution >= 4 is 21.6 Å². The molecule has 0 spiro atoms. The van der Waals surface area contributed by atoms with Gasteiger partial charge in [-0.2, -0.15) is 0 Å². The third kappa shape index (κ3) is 3.65. The normalized spacial score (nSPS) is 17.6. The molecule has 1 aliphatic heterocycles. The van der Waals surface area contributed by atoms with Gasteiger partial charge >= 0.3 is 0 Å². The average molecular weight is 306 g/mol. The lowest BCUT2D eigenvalue weighted by Gasteiger charge is -2.26. The Morgan fingerprint density at radius 3 is 2.63 bits per heavy atom. The second-order valence-corrected chi connectivity index (χ2v) is 6.20. The quantitative estimate of drug-likeness (QED) is 0.837. The Bertz CT molecular complexity index is 544. The molecule has 8 heteroatoms. The van der Waals surface area contributed by atoms with Gasteiger partial charge in [-0.25, -0.2) is 13.4 Å². The minimum atomic E-state index is -3.67. The lowest BCUT2D eigenvalue weighted by molar-refractivity contribution is 0.0272. The highest BCUT2D eigenvalue weighted by Crippen LogP contribution is 2.22. The minimum absolute atomic E-state index is 0.0536. The van der Waals surface area contributed by atoms with Crippen molar-refractivity contribution in [3.05, 3.63) is 28.8 Å². The average Bonchev–Trinajstić information content (AvgIpc) is 2.38. The molecule has 0 atom stereocenters. The highest BCUT2D eigenvalue weighted by Gasteiger charge is 2.22. The number of hydrogen-bond donors (Lipinski definition) is 2. The van der Waals surface area contributed by atoms with E-state index in [0.29, 0.717) is 32.8 Å². The maximum atomic E-state index is 12.2. The second kappa shape index (κ2) is 6.17. The number of benzene rings is 1. The van der Waals surface area contributed by atoms with Gasteiger partial charge in [0.05, 0.1) is 18.2 Å². The van der Waals surface area contributed by atoms with Gasteiger partial charge in [0.1, 0.15) is 4.90 Å². The number of hydrazine groups is 1. The Labute approximate surface area is 117 Å². The van der Waals surface area contributed by atoms with Crippen molar-refractivity contribution in [2.75, 3.05) is 26.3 Å². The maximum absolute atomic E-state index is 12.2. The Hall–Kier alpha value is -0.700. The van der Waals surface area contributed by atoms with Crippen molar-refractivity contribution < 1.29 is 13.2 Å². The van der Waals surface area contributed by atoms with Gasteiger partial charge in [-0.1, -0.05) is 17.7 Å². The number of rotatable bonds is 4. The first-order chi connectivity index (χ1) is 9.03. The van der Waals surface area contributed by atoms with E-state index in [9.17, 15) is 8.42 Å². The SMILES string of the molecule is NCc1ccc(S(=O)(=O)NN2CCOCC2)c(Cl)c1. The summed E-state index contributed by atoms with van der Waals surface area (Å²) in [4.78, 5) is 2.55. The summed E-state index contributed by atoms with van der Waals surface area (Å²) in [5.41, 5.74) is 6.27. The number of nitrogens with one attached hydrogen (secondary N) is 1. The van der Waals surface area contributed by atoms with Gasteiger partial charge in [0.2, 0.25) is 0 Å². The van der Waals surface area contributed by atoms with Crippen LogP contribution in [0.1, 0.15) is 5.56 Å². The smallest absolute Gasteiger partial charge is 0.254 e. The molecule has 0 aliphatic carbocycles. The molecule has 19 heavy (non-hydrogen) atoms. The van der Waals surface area contributed by atoms with Gasteiger partial charge in [-0.05, 0) is 17.7 Å². The lowest BCUT2D eigenvalue weighted by Crippen LogP contribution is -2.48. The first-order valence-corrected chi connectivity index (χ1v) is 7.72. The first-order valence-electron chi connectivity index (χ1n) is 5.86. The van der Waals surface area contributed by atoms with Crippen LogP contribution >= 0.6 is 11.6 Å². The number of hydrogen-bond acceptors (Lipinski definition) is 5. The summed E-state index contributed by atoms with van der Waals surface area (Å²) in [5.74, 6) is 0. The number of nitrogens with zero attached hydrogens (tertiary/aromatic N) is 1. The van der Waals surface area contributed by atoms with Crippen molar-refractivity contribution in [1.82, 2.24) is 9.84 Å². The maximum Gasteiger partial charge on any atom is 0.254 e. The first kappa shape index (κ1) is 14.7. The topological polar surface area (TPSA) is 84.7 Å². The van der Waals surface area contributed by atoms with Crippen LogP contribution in [0.4, 0.5) is 0 Å². The molecule has 1 fully saturated rings. The molecular formula is C11H16ClN3O3S. The fourth-order valence-electron chi connectivity index (χ4n) is 1.76. The molecule has 0 radical (unpaired) electrons. The minimum Gasteiger partial charge on any atom is -0.379 e. The molecule has 1 heterocycles. The Kier molecular flexibility index (Phi) is 4.77. The van der Waals surface area contributed by atoms with Crippen LogP contribution in [0.15, 0.2) is 23.1 Å². The number of sulfonamides is 1. The van der Waals surface area contributed by atoms with Crippen LogP contribution in [0.25, 0.3) is 0 Å². The van der Waals surface area contributed by atoms with E-state index in [-0.39, 0.29) is 9.92 Å². The molecule has 0 saturated carbocycles. The molecule has 3 N–H and O–H groups in total. The van der Waals surface area contributed by atoms with Crippen LogP contribution in [0.5, 0.6) is 0 Å². The largest absolute Gasteiger partial charge is 0.379 e. The van der Waals surface area contributed by atoms with E-state index in [1.807, 2.05) is 0 Å². The second-order valence-electron chi connectivity index (χ2n) is 4.16. The zero-order valence-electron chi connectivity index (χ0n) is 10.3. The van der Waals surface area contributed by atoms with Gasteiger partial charge in [-0.3, -0.25) is 0 Å². The highest BCUT2D eigenvalue weighted by molar-refractivity contribution is 7.89. The fraction of sp³-hybridized carbons (Fsp3) is 0.455. The van der Waals surface area contributed by atoms with Crippen molar-refractivity contribution in [2.24, 2.45) is 5.73 Å². The summed E-state index contributed by atoms with van der Waals surface area (Å²) < 4.78 is 29.6. The van der Waals surface area contributed by atoms with Gasteiger partial charge in [0.25, 0.3) is 10.0 Å². The van der Waals surface area contributed by atoms with Crippen LogP contribution in [-0.2, 0) is 21.3 Å². The van der Waals surface area contributed by atoms with Gasteiger partial charge in [0.15, 0.2) is 0 Å². The van der Waals surface area contributed by atoms with E-state index in [1.54, 1.807) is 17.1 Å². The van der Waals surface area contributed by atoms with Crippen molar-refractivity contribution in [3.63, 3.8) is 0 Å².